The van der Waals surface area contributed by atoms with Crippen molar-refractivity contribution in [2.24, 2.45) is 0 Å². The van der Waals surface area contributed by atoms with Gasteiger partial charge in [-0.2, -0.15) is 25.3 Å². The Balaban J connectivity index is -0.000000143. The minimum absolute atomic E-state index is 0. The van der Waals surface area contributed by atoms with Gasteiger partial charge in [-0.15, -0.1) is 0 Å². The van der Waals surface area contributed by atoms with Gasteiger partial charge in [0.15, 0.2) is 0 Å². The SMILES string of the molecule is CC(S)C(=O)[O-].CC(S)C(=O)[O-].[Hg+2]. The molecule has 0 spiro atoms. The molecule has 0 aromatic heterocycles. The van der Waals surface area contributed by atoms with E-state index in [0.29, 0.717) is 0 Å². The molecule has 0 fully saturated rings. The fourth-order valence-electron chi connectivity index (χ4n) is 0. The van der Waals surface area contributed by atoms with Gasteiger partial charge in [0.05, 0.1) is 11.9 Å². The first kappa shape index (κ1) is 19.2. The predicted octanol–water partition coefficient (Wildman–Crippen LogP) is -1.89. The van der Waals surface area contributed by atoms with Crippen LogP contribution in [0.5, 0.6) is 0 Å². The summed E-state index contributed by atoms with van der Waals surface area (Å²) in [6.45, 7) is 2.89. The first-order valence-electron chi connectivity index (χ1n) is 3.06. The minimum Gasteiger partial charge on any atom is -0.549 e. The number of carbonyl (C=O) groups is 2. The molecule has 0 rings (SSSR count). The van der Waals surface area contributed by atoms with Crippen LogP contribution in [0.3, 0.4) is 0 Å². The molecular formula is C6H10HgO4S2. The average Bonchev–Trinajstić information content (AvgIpc) is 1.88. The smallest absolute Gasteiger partial charge is 0.549 e. The maximum Gasteiger partial charge on any atom is 2.00 e. The number of aliphatic carboxylic acids is 2. The summed E-state index contributed by atoms with van der Waals surface area (Å²) in [6.07, 6.45) is 0. The zero-order valence-corrected chi connectivity index (χ0v) is 14.7. The van der Waals surface area contributed by atoms with Crippen molar-refractivity contribution in [1.29, 1.82) is 0 Å². The Morgan fingerprint density at radius 2 is 1.08 bits per heavy atom. The Morgan fingerprint density at radius 1 is 1.00 bits per heavy atom. The van der Waals surface area contributed by atoms with Crippen LogP contribution < -0.4 is 10.2 Å². The van der Waals surface area contributed by atoms with Gasteiger partial charge in [-0.3, -0.25) is 0 Å². The van der Waals surface area contributed by atoms with Crippen molar-refractivity contribution < 1.29 is 47.5 Å². The largest absolute Gasteiger partial charge is 2.00 e. The monoisotopic (exact) mass is 412 g/mol. The summed E-state index contributed by atoms with van der Waals surface area (Å²) in [4.78, 5) is 19.0. The van der Waals surface area contributed by atoms with E-state index in [1.165, 1.54) is 13.8 Å². The van der Waals surface area contributed by atoms with Crippen molar-refractivity contribution in [2.45, 2.75) is 24.3 Å². The Bertz CT molecular complexity index is 143. The molecule has 2 unspecified atom stereocenters. The van der Waals surface area contributed by atoms with Gasteiger partial charge in [0.25, 0.3) is 0 Å². The van der Waals surface area contributed by atoms with E-state index in [1.807, 2.05) is 0 Å². The molecule has 72 valence electrons. The standard InChI is InChI=1S/2C3H6O2S.Hg/c2*1-2(6)3(4)5;/h2*2,6H,1H3,(H,4,5);/q;;+2/p-2. The number of carbonyl (C=O) groups excluding carboxylic acids is 2. The molecule has 0 saturated carbocycles. The molecular weight excluding hydrogens is 401 g/mol. The quantitative estimate of drug-likeness (QED) is 0.412. The van der Waals surface area contributed by atoms with Crippen LogP contribution in [0.25, 0.3) is 0 Å². The minimum atomic E-state index is -1.13. The molecule has 0 aromatic carbocycles. The molecule has 0 aliphatic carbocycles. The molecule has 13 heavy (non-hydrogen) atoms. The van der Waals surface area contributed by atoms with Crippen molar-refractivity contribution >= 4 is 37.2 Å². The number of hydrogen-bond donors (Lipinski definition) is 2. The number of carboxylic acid groups (broad SMARTS) is 2. The van der Waals surface area contributed by atoms with Gasteiger partial charge in [0, 0.05) is 10.5 Å². The third-order valence-electron chi connectivity index (χ3n) is 0.682. The Morgan fingerprint density at radius 3 is 1.08 bits per heavy atom. The maximum absolute atomic E-state index is 9.51. The zero-order chi connectivity index (χ0) is 10.3. The summed E-state index contributed by atoms with van der Waals surface area (Å²) in [6, 6.07) is 0. The van der Waals surface area contributed by atoms with Gasteiger partial charge < -0.3 is 19.8 Å². The third kappa shape index (κ3) is 19.1. The van der Waals surface area contributed by atoms with Gasteiger partial charge in [-0.1, -0.05) is 0 Å². The number of carboxylic acids is 2. The van der Waals surface area contributed by atoms with E-state index in [1.54, 1.807) is 0 Å². The first-order valence-corrected chi connectivity index (χ1v) is 4.10. The Labute approximate surface area is 108 Å². The van der Waals surface area contributed by atoms with Gasteiger partial charge in [-0.25, -0.2) is 0 Å². The molecule has 0 aliphatic heterocycles. The van der Waals surface area contributed by atoms with E-state index in [0.717, 1.165) is 0 Å². The zero-order valence-electron chi connectivity index (χ0n) is 7.39. The van der Waals surface area contributed by atoms with E-state index in [2.05, 4.69) is 25.3 Å². The van der Waals surface area contributed by atoms with Crippen LogP contribution in [0, 0.1) is 0 Å². The predicted molar refractivity (Wildman–Crippen MR) is 46.9 cm³/mol. The fourth-order valence-corrected chi connectivity index (χ4v) is 0. The average molecular weight is 411 g/mol. The molecule has 7 heteroatoms. The van der Waals surface area contributed by atoms with Crippen LogP contribution in [-0.4, -0.2) is 22.4 Å². The second kappa shape index (κ2) is 10.7. The Kier molecular flexibility index (Phi) is 15.7. The second-order valence-electron chi connectivity index (χ2n) is 1.99. The van der Waals surface area contributed by atoms with Crippen molar-refractivity contribution in [3.8, 4) is 0 Å². The summed E-state index contributed by atoms with van der Waals surface area (Å²) in [5.74, 6) is -2.25. The number of rotatable bonds is 2. The molecule has 2 atom stereocenters. The topological polar surface area (TPSA) is 80.3 Å². The van der Waals surface area contributed by atoms with E-state index in [9.17, 15) is 19.8 Å². The van der Waals surface area contributed by atoms with Crippen LogP contribution in [0.15, 0.2) is 0 Å². The van der Waals surface area contributed by atoms with E-state index >= 15 is 0 Å². The summed E-state index contributed by atoms with van der Waals surface area (Å²) in [5, 5.41) is 17.7. The number of hydrogen-bond acceptors (Lipinski definition) is 6. The molecule has 0 N–H and O–H groups in total. The molecule has 0 amide bonds. The van der Waals surface area contributed by atoms with Crippen molar-refractivity contribution in [1.82, 2.24) is 0 Å². The summed E-state index contributed by atoms with van der Waals surface area (Å²) in [5.41, 5.74) is 0. The summed E-state index contributed by atoms with van der Waals surface area (Å²) >= 11 is 7.06. The molecule has 0 bridgehead atoms. The first-order chi connectivity index (χ1) is 5.29. The van der Waals surface area contributed by atoms with E-state index in [4.69, 9.17) is 0 Å². The molecule has 0 radical (unpaired) electrons. The van der Waals surface area contributed by atoms with Crippen LogP contribution in [0.1, 0.15) is 13.8 Å². The molecule has 0 aromatic rings. The molecule has 0 aliphatic rings. The molecule has 0 saturated heterocycles. The number of thiol groups is 2. The van der Waals surface area contributed by atoms with E-state index < -0.39 is 22.4 Å². The van der Waals surface area contributed by atoms with Gasteiger partial charge in [-0.05, 0) is 13.8 Å². The third-order valence-corrected chi connectivity index (χ3v) is 1.10. The van der Waals surface area contributed by atoms with Gasteiger partial charge in [0.1, 0.15) is 0 Å². The van der Waals surface area contributed by atoms with Gasteiger partial charge in [0.2, 0.25) is 0 Å². The van der Waals surface area contributed by atoms with Crippen LogP contribution in [0.2, 0.25) is 0 Å². The second-order valence-corrected chi connectivity index (χ2v) is 3.54. The Hall–Kier alpha value is 0.575. The molecule has 0 heterocycles. The van der Waals surface area contributed by atoms with Gasteiger partial charge >= 0.3 is 27.7 Å². The van der Waals surface area contributed by atoms with Crippen LogP contribution in [-0.2, 0) is 37.3 Å². The normalized spacial score (nSPS) is 12.6. The maximum atomic E-state index is 9.51. The van der Waals surface area contributed by atoms with E-state index in [-0.39, 0.29) is 27.7 Å². The summed E-state index contributed by atoms with van der Waals surface area (Å²) < 4.78 is 0. The van der Waals surface area contributed by atoms with Crippen molar-refractivity contribution in [3.63, 3.8) is 0 Å². The van der Waals surface area contributed by atoms with Crippen molar-refractivity contribution in [2.75, 3.05) is 0 Å². The van der Waals surface area contributed by atoms with Crippen molar-refractivity contribution in [3.05, 3.63) is 0 Å². The van der Waals surface area contributed by atoms with Crippen LogP contribution >= 0.6 is 25.3 Å². The fraction of sp³-hybridized carbons (Fsp3) is 0.667. The molecule has 4 nitrogen and oxygen atoms in total. The summed E-state index contributed by atoms with van der Waals surface area (Å²) in [7, 11) is 0. The van der Waals surface area contributed by atoms with Crippen LogP contribution in [0.4, 0.5) is 0 Å².